The molecule has 4 saturated carbocycles. The van der Waals surface area contributed by atoms with Crippen molar-refractivity contribution in [3.05, 3.63) is 41.7 Å². The van der Waals surface area contributed by atoms with E-state index in [1.165, 1.54) is 24.1 Å². The molecule has 4 aliphatic rings. The molecule has 4 bridgehead atoms. The fraction of sp³-hybridized carbons (Fsp3) is 0.545. The second kappa shape index (κ2) is 6.97. The average Bonchev–Trinajstić information content (AvgIpc) is 3.07. The van der Waals surface area contributed by atoms with Crippen molar-refractivity contribution in [3.8, 4) is 5.69 Å². The lowest BCUT2D eigenvalue weighted by Crippen LogP contribution is -2.60. The Balaban J connectivity index is 1.20. The van der Waals surface area contributed by atoms with Gasteiger partial charge in [0.25, 0.3) is 5.91 Å². The predicted molar refractivity (Wildman–Crippen MR) is 105 cm³/mol. The minimum atomic E-state index is -0.620. The summed E-state index contributed by atoms with van der Waals surface area (Å²) in [6, 6.07) is 9.36. The van der Waals surface area contributed by atoms with Crippen molar-refractivity contribution in [1.82, 2.24) is 20.3 Å². The maximum Gasteiger partial charge on any atom is 0.361 e. The van der Waals surface area contributed by atoms with Crippen molar-refractivity contribution < 1.29 is 14.3 Å². The first-order valence-corrected chi connectivity index (χ1v) is 10.5. The molecule has 1 amide bonds. The van der Waals surface area contributed by atoms with E-state index in [0.29, 0.717) is 5.69 Å². The summed E-state index contributed by atoms with van der Waals surface area (Å²) in [7, 11) is 0. The van der Waals surface area contributed by atoms with Crippen LogP contribution in [-0.2, 0) is 9.53 Å². The van der Waals surface area contributed by atoms with Gasteiger partial charge in [-0.2, -0.15) is 9.90 Å². The fourth-order valence-electron chi connectivity index (χ4n) is 6.04. The molecule has 1 aromatic heterocycles. The number of nitrogens with one attached hydrogen (secondary N) is 1. The van der Waals surface area contributed by atoms with Crippen LogP contribution in [-0.4, -0.2) is 39.0 Å². The summed E-state index contributed by atoms with van der Waals surface area (Å²) < 4.78 is 5.27. The van der Waals surface area contributed by atoms with Gasteiger partial charge < -0.3 is 10.1 Å². The molecule has 29 heavy (non-hydrogen) atoms. The quantitative estimate of drug-likeness (QED) is 0.788. The zero-order valence-electron chi connectivity index (χ0n) is 16.6. The van der Waals surface area contributed by atoms with Crippen molar-refractivity contribution in [2.75, 3.05) is 6.61 Å². The number of nitrogens with zero attached hydrogens (tertiary/aromatic N) is 3. The van der Waals surface area contributed by atoms with Gasteiger partial charge in [-0.3, -0.25) is 4.79 Å². The molecule has 0 saturated heterocycles. The van der Waals surface area contributed by atoms with Crippen molar-refractivity contribution >= 4 is 11.9 Å². The summed E-state index contributed by atoms with van der Waals surface area (Å²) in [4.78, 5) is 26.4. The molecule has 1 N–H and O–H groups in total. The smallest absolute Gasteiger partial charge is 0.361 e. The van der Waals surface area contributed by atoms with E-state index in [-0.39, 0.29) is 23.7 Å². The standard InChI is InChI=1S/C22H26N4O3/c1-14-20(25-26(24-14)18-5-3-2-4-6-18)21(28)29-13-19(27)23-22-10-15-7-16(11-22)9-17(8-15)12-22/h2-6,15-17H,7-13H2,1H3,(H,23,27). The molecule has 0 atom stereocenters. The Morgan fingerprint density at radius 1 is 1.07 bits per heavy atom. The highest BCUT2D eigenvalue weighted by Crippen LogP contribution is 2.55. The van der Waals surface area contributed by atoms with Crippen molar-refractivity contribution in [1.29, 1.82) is 0 Å². The van der Waals surface area contributed by atoms with Gasteiger partial charge >= 0.3 is 5.97 Å². The van der Waals surface area contributed by atoms with Crippen molar-refractivity contribution in [2.24, 2.45) is 17.8 Å². The van der Waals surface area contributed by atoms with Crippen LogP contribution in [0.5, 0.6) is 0 Å². The van der Waals surface area contributed by atoms with Crippen LogP contribution in [0.3, 0.4) is 0 Å². The summed E-state index contributed by atoms with van der Waals surface area (Å²) >= 11 is 0. The monoisotopic (exact) mass is 394 g/mol. The Morgan fingerprint density at radius 2 is 1.69 bits per heavy atom. The van der Waals surface area contributed by atoms with Gasteiger partial charge in [-0.25, -0.2) is 4.79 Å². The number of para-hydroxylation sites is 1. The fourth-order valence-corrected chi connectivity index (χ4v) is 6.04. The number of benzene rings is 1. The SMILES string of the molecule is Cc1nn(-c2ccccc2)nc1C(=O)OCC(=O)NC12CC3CC(CC(C3)C1)C2. The van der Waals surface area contributed by atoms with E-state index in [4.69, 9.17) is 4.74 Å². The zero-order valence-corrected chi connectivity index (χ0v) is 16.6. The lowest BCUT2D eigenvalue weighted by atomic mass is 9.53. The van der Waals surface area contributed by atoms with Crippen molar-refractivity contribution in [3.63, 3.8) is 0 Å². The van der Waals surface area contributed by atoms with E-state index in [9.17, 15) is 9.59 Å². The maximum absolute atomic E-state index is 12.5. The van der Waals surface area contributed by atoms with E-state index in [2.05, 4.69) is 15.5 Å². The van der Waals surface area contributed by atoms with Gasteiger partial charge in [-0.1, -0.05) is 18.2 Å². The first kappa shape index (κ1) is 18.3. The van der Waals surface area contributed by atoms with Gasteiger partial charge in [0.05, 0.1) is 11.4 Å². The average molecular weight is 394 g/mol. The molecule has 0 aliphatic heterocycles. The van der Waals surface area contributed by atoms with Crippen LogP contribution in [0.25, 0.3) is 5.69 Å². The molecular formula is C22H26N4O3. The molecule has 4 fully saturated rings. The largest absolute Gasteiger partial charge is 0.451 e. The van der Waals surface area contributed by atoms with Gasteiger partial charge in [0, 0.05) is 5.54 Å². The van der Waals surface area contributed by atoms with E-state index < -0.39 is 5.97 Å². The molecule has 0 unspecified atom stereocenters. The maximum atomic E-state index is 12.5. The highest BCUT2D eigenvalue weighted by molar-refractivity contribution is 5.90. The number of carbonyl (C=O) groups is 2. The van der Waals surface area contributed by atoms with Crippen LogP contribution < -0.4 is 5.32 Å². The minimum Gasteiger partial charge on any atom is -0.451 e. The molecule has 152 valence electrons. The number of aryl methyl sites for hydroxylation is 1. The molecule has 2 aromatic rings. The highest BCUT2D eigenvalue weighted by atomic mass is 16.5. The first-order chi connectivity index (χ1) is 14.0. The highest BCUT2D eigenvalue weighted by Gasteiger charge is 2.51. The second-order valence-corrected chi connectivity index (χ2v) is 9.08. The third-order valence-electron chi connectivity index (χ3n) is 6.74. The van der Waals surface area contributed by atoms with Crippen LogP contribution in [0.1, 0.15) is 54.7 Å². The van der Waals surface area contributed by atoms with Gasteiger partial charge in [-0.05, 0) is 75.3 Å². The topological polar surface area (TPSA) is 86.1 Å². The summed E-state index contributed by atoms with van der Waals surface area (Å²) in [6.07, 6.45) is 7.18. The van der Waals surface area contributed by atoms with E-state index >= 15 is 0 Å². The van der Waals surface area contributed by atoms with Gasteiger partial charge in [0.1, 0.15) is 0 Å². The van der Waals surface area contributed by atoms with E-state index in [1.807, 2.05) is 30.3 Å². The molecule has 0 spiro atoms. The van der Waals surface area contributed by atoms with Crippen LogP contribution in [0, 0.1) is 24.7 Å². The number of rotatable bonds is 5. The molecule has 4 aliphatic carbocycles. The van der Waals surface area contributed by atoms with Gasteiger partial charge in [-0.15, -0.1) is 5.10 Å². The van der Waals surface area contributed by atoms with Crippen molar-refractivity contribution in [2.45, 2.75) is 51.0 Å². The Bertz CT molecular complexity index is 902. The molecule has 1 heterocycles. The second-order valence-electron chi connectivity index (χ2n) is 9.08. The number of amides is 1. The summed E-state index contributed by atoms with van der Waals surface area (Å²) in [5.41, 5.74) is 1.29. The van der Waals surface area contributed by atoms with Crippen LogP contribution in [0.15, 0.2) is 30.3 Å². The lowest BCUT2D eigenvalue weighted by molar-refractivity contribution is -0.130. The molecule has 1 aromatic carbocycles. The summed E-state index contributed by atoms with van der Waals surface area (Å²) in [5, 5.41) is 11.7. The molecule has 0 radical (unpaired) electrons. The lowest BCUT2D eigenvalue weighted by Gasteiger charge is -2.56. The van der Waals surface area contributed by atoms with Crippen LogP contribution >= 0.6 is 0 Å². The number of ether oxygens (including phenoxy) is 1. The molecular weight excluding hydrogens is 368 g/mol. The summed E-state index contributed by atoms with van der Waals surface area (Å²) in [5.74, 6) is 1.41. The number of esters is 1. The van der Waals surface area contributed by atoms with Gasteiger partial charge in [0.15, 0.2) is 12.3 Å². The summed E-state index contributed by atoms with van der Waals surface area (Å²) in [6.45, 7) is 1.43. The Labute approximate surface area is 169 Å². The predicted octanol–water partition coefficient (Wildman–Crippen LogP) is 2.82. The minimum absolute atomic E-state index is 0.0788. The Kier molecular flexibility index (Phi) is 4.41. The van der Waals surface area contributed by atoms with E-state index in [1.54, 1.807) is 6.92 Å². The molecule has 6 rings (SSSR count). The van der Waals surface area contributed by atoms with Crippen LogP contribution in [0.2, 0.25) is 0 Å². The Hall–Kier alpha value is -2.70. The third-order valence-corrected chi connectivity index (χ3v) is 6.74. The number of carbonyl (C=O) groups excluding carboxylic acids is 2. The third kappa shape index (κ3) is 3.54. The number of hydrogen-bond acceptors (Lipinski definition) is 5. The number of aromatic nitrogens is 3. The normalized spacial score (nSPS) is 29.6. The zero-order chi connectivity index (χ0) is 20.0. The van der Waals surface area contributed by atoms with Crippen LogP contribution in [0.4, 0.5) is 0 Å². The van der Waals surface area contributed by atoms with E-state index in [0.717, 1.165) is 42.7 Å². The van der Waals surface area contributed by atoms with Gasteiger partial charge in [0.2, 0.25) is 0 Å². The number of hydrogen-bond donors (Lipinski definition) is 1. The first-order valence-electron chi connectivity index (χ1n) is 10.5. The molecule has 7 nitrogen and oxygen atoms in total. The Morgan fingerprint density at radius 3 is 2.31 bits per heavy atom. The molecule has 7 heteroatoms.